The summed E-state index contributed by atoms with van der Waals surface area (Å²) in [5, 5.41) is 1.52. The minimum absolute atomic E-state index is 0.0312. The number of nitrogens with two attached hydrogens (primary N) is 1. The average Bonchev–Trinajstić information content (AvgIpc) is 2.61. The van der Waals surface area contributed by atoms with Gasteiger partial charge in [0.2, 0.25) is 5.91 Å². The number of hydrogen-bond acceptors (Lipinski definition) is 3. The molecule has 2 rings (SSSR count). The third-order valence-electron chi connectivity index (χ3n) is 2.96. The van der Waals surface area contributed by atoms with Gasteiger partial charge in [-0.25, -0.2) is 5.43 Å². The summed E-state index contributed by atoms with van der Waals surface area (Å²) in [6.45, 7) is 0. The maximum absolute atomic E-state index is 11.3. The van der Waals surface area contributed by atoms with Crippen LogP contribution in [0, 0.1) is 0 Å². The molecule has 86 valence electrons. The van der Waals surface area contributed by atoms with E-state index < -0.39 is 0 Å². The van der Waals surface area contributed by atoms with Gasteiger partial charge in [0, 0.05) is 19.5 Å². The molecule has 4 nitrogen and oxygen atoms in total. The molecule has 0 radical (unpaired) electrons. The van der Waals surface area contributed by atoms with Gasteiger partial charge in [0.05, 0.1) is 6.04 Å². The Bertz CT molecular complexity index is 366. The maximum Gasteiger partial charge on any atom is 0.238 e. The lowest BCUT2D eigenvalue weighted by Crippen LogP contribution is -2.45. The second kappa shape index (κ2) is 4.63. The quantitative estimate of drug-likeness (QED) is 0.768. The molecule has 16 heavy (non-hydrogen) atoms. The summed E-state index contributed by atoms with van der Waals surface area (Å²) in [6.07, 6.45) is 1.28. The normalized spacial score (nSPS) is 22.5. The van der Waals surface area contributed by atoms with Gasteiger partial charge in [-0.3, -0.25) is 9.80 Å². The third-order valence-corrected chi connectivity index (χ3v) is 2.96. The van der Waals surface area contributed by atoms with E-state index in [9.17, 15) is 4.79 Å². The summed E-state index contributed by atoms with van der Waals surface area (Å²) in [7, 11) is 1.73. The van der Waals surface area contributed by atoms with E-state index in [1.54, 1.807) is 7.05 Å². The van der Waals surface area contributed by atoms with Crippen molar-refractivity contribution in [2.24, 2.45) is 5.73 Å². The first kappa shape index (κ1) is 11.1. The first-order chi connectivity index (χ1) is 7.66. The number of rotatable bonds is 3. The summed E-state index contributed by atoms with van der Waals surface area (Å²) < 4.78 is 0. The van der Waals surface area contributed by atoms with Crippen molar-refractivity contribution in [2.75, 3.05) is 7.05 Å². The number of hydrogen-bond donors (Lipinski definition) is 2. The van der Waals surface area contributed by atoms with E-state index in [0.717, 1.165) is 6.42 Å². The molecule has 1 aromatic carbocycles. The second-order valence-electron chi connectivity index (χ2n) is 4.25. The molecule has 1 aromatic rings. The Morgan fingerprint density at radius 1 is 1.50 bits per heavy atom. The highest BCUT2D eigenvalue weighted by molar-refractivity contribution is 5.78. The average molecular weight is 219 g/mol. The zero-order chi connectivity index (χ0) is 11.5. The van der Waals surface area contributed by atoms with E-state index in [-0.39, 0.29) is 18.0 Å². The predicted octanol–water partition coefficient (Wildman–Crippen LogP) is 0.292. The van der Waals surface area contributed by atoms with E-state index in [0.29, 0.717) is 6.42 Å². The SMILES string of the molecule is CN1N[C@@H]([C@@H](N)Cc2ccccc2)CC1=O. The molecule has 0 unspecified atom stereocenters. The van der Waals surface area contributed by atoms with E-state index in [1.165, 1.54) is 10.6 Å². The minimum Gasteiger partial charge on any atom is -0.326 e. The van der Waals surface area contributed by atoms with Crippen LogP contribution in [0.1, 0.15) is 12.0 Å². The number of nitrogens with one attached hydrogen (secondary N) is 1. The Labute approximate surface area is 95.4 Å². The lowest BCUT2D eigenvalue weighted by atomic mass is 9.99. The smallest absolute Gasteiger partial charge is 0.238 e. The molecule has 1 saturated heterocycles. The van der Waals surface area contributed by atoms with Gasteiger partial charge in [-0.1, -0.05) is 30.3 Å². The molecule has 0 spiro atoms. The molecule has 0 aromatic heterocycles. The van der Waals surface area contributed by atoms with Gasteiger partial charge >= 0.3 is 0 Å². The van der Waals surface area contributed by atoms with Crippen molar-refractivity contribution in [3.63, 3.8) is 0 Å². The lowest BCUT2D eigenvalue weighted by Gasteiger charge is -2.19. The zero-order valence-electron chi connectivity index (χ0n) is 9.39. The Morgan fingerprint density at radius 2 is 2.19 bits per heavy atom. The largest absolute Gasteiger partial charge is 0.326 e. The molecule has 4 heteroatoms. The molecule has 0 saturated carbocycles. The van der Waals surface area contributed by atoms with Crippen LogP contribution in [0.2, 0.25) is 0 Å². The van der Waals surface area contributed by atoms with Crippen LogP contribution in [0.25, 0.3) is 0 Å². The van der Waals surface area contributed by atoms with Gasteiger partial charge in [-0.15, -0.1) is 0 Å². The number of nitrogens with zero attached hydrogens (tertiary/aromatic N) is 1. The minimum atomic E-state index is -0.0312. The molecule has 0 aliphatic carbocycles. The Kier molecular flexibility index (Phi) is 3.22. The zero-order valence-corrected chi connectivity index (χ0v) is 9.39. The highest BCUT2D eigenvalue weighted by Crippen LogP contribution is 2.12. The van der Waals surface area contributed by atoms with Crippen molar-refractivity contribution in [1.82, 2.24) is 10.4 Å². The summed E-state index contributed by atoms with van der Waals surface area (Å²) in [4.78, 5) is 11.3. The topological polar surface area (TPSA) is 58.4 Å². The Hall–Kier alpha value is -1.39. The van der Waals surface area contributed by atoms with Gasteiger partial charge < -0.3 is 5.73 Å². The molecule has 1 amide bonds. The van der Waals surface area contributed by atoms with E-state index in [2.05, 4.69) is 17.6 Å². The summed E-state index contributed by atoms with van der Waals surface area (Å²) in [5.41, 5.74) is 10.4. The molecule has 1 aliphatic rings. The van der Waals surface area contributed by atoms with Crippen LogP contribution < -0.4 is 11.2 Å². The number of amides is 1. The van der Waals surface area contributed by atoms with Crippen molar-refractivity contribution in [3.05, 3.63) is 35.9 Å². The fourth-order valence-electron chi connectivity index (χ4n) is 1.97. The molecule has 1 aliphatic heterocycles. The van der Waals surface area contributed by atoms with Crippen LogP contribution in [0.3, 0.4) is 0 Å². The van der Waals surface area contributed by atoms with Crippen molar-refractivity contribution < 1.29 is 4.79 Å². The Morgan fingerprint density at radius 3 is 2.75 bits per heavy atom. The van der Waals surface area contributed by atoms with Crippen molar-refractivity contribution in [3.8, 4) is 0 Å². The highest BCUT2D eigenvalue weighted by atomic mass is 16.2. The standard InChI is InChI=1S/C12H17N3O/c1-15-12(16)8-11(14-15)10(13)7-9-5-3-2-4-6-9/h2-6,10-11,14H,7-8,13H2,1H3/t10-,11+/m0/s1. The van der Waals surface area contributed by atoms with Crippen LogP contribution in [0.5, 0.6) is 0 Å². The van der Waals surface area contributed by atoms with Crippen LogP contribution in [-0.2, 0) is 11.2 Å². The van der Waals surface area contributed by atoms with Crippen LogP contribution in [-0.4, -0.2) is 30.0 Å². The van der Waals surface area contributed by atoms with E-state index in [4.69, 9.17) is 5.73 Å². The molecular formula is C12H17N3O. The highest BCUT2D eigenvalue weighted by Gasteiger charge is 2.30. The molecular weight excluding hydrogens is 202 g/mol. The van der Waals surface area contributed by atoms with Gasteiger partial charge in [0.15, 0.2) is 0 Å². The first-order valence-electron chi connectivity index (χ1n) is 5.49. The molecule has 3 N–H and O–H groups in total. The first-order valence-corrected chi connectivity index (χ1v) is 5.49. The van der Waals surface area contributed by atoms with Crippen molar-refractivity contribution in [1.29, 1.82) is 0 Å². The van der Waals surface area contributed by atoms with Crippen molar-refractivity contribution >= 4 is 5.91 Å². The molecule has 1 heterocycles. The van der Waals surface area contributed by atoms with Gasteiger partial charge in [0.1, 0.15) is 0 Å². The lowest BCUT2D eigenvalue weighted by molar-refractivity contribution is -0.128. The van der Waals surface area contributed by atoms with Crippen LogP contribution >= 0.6 is 0 Å². The third kappa shape index (κ3) is 2.40. The summed E-state index contributed by atoms with van der Waals surface area (Å²) >= 11 is 0. The molecule has 0 bridgehead atoms. The number of hydrazine groups is 1. The van der Waals surface area contributed by atoms with Crippen molar-refractivity contribution in [2.45, 2.75) is 24.9 Å². The van der Waals surface area contributed by atoms with E-state index >= 15 is 0 Å². The Balaban J connectivity index is 1.94. The fraction of sp³-hybridized carbons (Fsp3) is 0.417. The number of benzene rings is 1. The number of carbonyl (C=O) groups is 1. The predicted molar refractivity (Wildman–Crippen MR) is 62.4 cm³/mol. The van der Waals surface area contributed by atoms with Crippen LogP contribution in [0.4, 0.5) is 0 Å². The fourth-order valence-corrected chi connectivity index (χ4v) is 1.97. The van der Waals surface area contributed by atoms with Gasteiger partial charge in [0.25, 0.3) is 0 Å². The number of carbonyl (C=O) groups excluding carboxylic acids is 1. The monoisotopic (exact) mass is 219 g/mol. The molecule has 1 fully saturated rings. The molecule has 2 atom stereocenters. The summed E-state index contributed by atoms with van der Waals surface area (Å²) in [5.74, 6) is 0.105. The summed E-state index contributed by atoms with van der Waals surface area (Å²) in [6, 6.07) is 10.1. The van der Waals surface area contributed by atoms with Crippen LogP contribution in [0.15, 0.2) is 30.3 Å². The van der Waals surface area contributed by atoms with Gasteiger partial charge in [-0.05, 0) is 12.0 Å². The van der Waals surface area contributed by atoms with Gasteiger partial charge in [-0.2, -0.15) is 0 Å². The maximum atomic E-state index is 11.3. The second-order valence-corrected chi connectivity index (χ2v) is 4.25. The van der Waals surface area contributed by atoms with E-state index in [1.807, 2.05) is 18.2 Å².